The standard InChI is InChI=1S/C11H14N4O/c1-3-12-6-9-7-15-16-11(9)10-8(2)13-4-5-14-10/h4-5,7,12H,3,6H2,1-2H3. The summed E-state index contributed by atoms with van der Waals surface area (Å²) in [5.74, 6) is 0.701. The average molecular weight is 218 g/mol. The molecule has 0 aliphatic rings. The molecule has 2 rings (SSSR count). The first kappa shape index (κ1) is 10.8. The SMILES string of the molecule is CCNCc1cnoc1-c1nccnc1C. The van der Waals surface area contributed by atoms with Crippen LogP contribution in [0.5, 0.6) is 0 Å². The zero-order valence-electron chi connectivity index (χ0n) is 9.40. The Morgan fingerprint density at radius 1 is 1.31 bits per heavy atom. The molecule has 0 bridgehead atoms. The van der Waals surface area contributed by atoms with E-state index in [9.17, 15) is 0 Å². The average Bonchev–Trinajstić information content (AvgIpc) is 2.75. The van der Waals surface area contributed by atoms with Crippen LogP contribution >= 0.6 is 0 Å². The monoisotopic (exact) mass is 218 g/mol. The highest BCUT2D eigenvalue weighted by Crippen LogP contribution is 2.22. The third-order valence-electron chi connectivity index (χ3n) is 2.31. The molecule has 0 aliphatic carbocycles. The van der Waals surface area contributed by atoms with Gasteiger partial charge in [0.05, 0.1) is 11.9 Å². The van der Waals surface area contributed by atoms with Crippen LogP contribution in [0.1, 0.15) is 18.2 Å². The smallest absolute Gasteiger partial charge is 0.191 e. The number of aryl methyl sites for hydroxylation is 1. The van der Waals surface area contributed by atoms with Gasteiger partial charge < -0.3 is 9.84 Å². The molecule has 5 nitrogen and oxygen atoms in total. The molecule has 0 aromatic carbocycles. The van der Waals surface area contributed by atoms with Crippen LogP contribution in [0.4, 0.5) is 0 Å². The van der Waals surface area contributed by atoms with Gasteiger partial charge in [0, 0.05) is 24.5 Å². The normalized spacial score (nSPS) is 10.6. The summed E-state index contributed by atoms with van der Waals surface area (Å²) in [6.07, 6.45) is 5.03. The van der Waals surface area contributed by atoms with Crippen LogP contribution in [0.3, 0.4) is 0 Å². The highest BCUT2D eigenvalue weighted by Gasteiger charge is 2.14. The summed E-state index contributed by atoms with van der Waals surface area (Å²) < 4.78 is 5.24. The number of aromatic nitrogens is 3. The highest BCUT2D eigenvalue weighted by atomic mass is 16.5. The van der Waals surface area contributed by atoms with Gasteiger partial charge >= 0.3 is 0 Å². The minimum atomic E-state index is 0.701. The van der Waals surface area contributed by atoms with Crippen molar-refractivity contribution >= 4 is 0 Å². The van der Waals surface area contributed by atoms with E-state index in [1.165, 1.54) is 0 Å². The largest absolute Gasteiger partial charge is 0.354 e. The first-order valence-corrected chi connectivity index (χ1v) is 5.25. The van der Waals surface area contributed by atoms with Gasteiger partial charge in [0.15, 0.2) is 5.76 Å². The van der Waals surface area contributed by atoms with E-state index in [4.69, 9.17) is 4.52 Å². The highest BCUT2D eigenvalue weighted by molar-refractivity contribution is 5.58. The van der Waals surface area contributed by atoms with Crippen LogP contribution in [0.15, 0.2) is 23.1 Å². The van der Waals surface area contributed by atoms with Gasteiger partial charge in [-0.15, -0.1) is 0 Å². The summed E-state index contributed by atoms with van der Waals surface area (Å²) in [6, 6.07) is 0. The minimum Gasteiger partial charge on any atom is -0.354 e. The molecular formula is C11H14N4O. The van der Waals surface area contributed by atoms with Gasteiger partial charge in [-0.1, -0.05) is 12.1 Å². The van der Waals surface area contributed by atoms with Gasteiger partial charge in [-0.05, 0) is 13.5 Å². The van der Waals surface area contributed by atoms with Gasteiger partial charge in [-0.25, -0.2) is 4.98 Å². The van der Waals surface area contributed by atoms with Gasteiger partial charge in [0.1, 0.15) is 5.69 Å². The zero-order valence-corrected chi connectivity index (χ0v) is 9.40. The second-order valence-corrected chi connectivity index (χ2v) is 3.45. The van der Waals surface area contributed by atoms with E-state index in [0.717, 1.165) is 30.0 Å². The van der Waals surface area contributed by atoms with Crippen molar-refractivity contribution in [1.82, 2.24) is 20.4 Å². The fourth-order valence-corrected chi connectivity index (χ4v) is 1.47. The summed E-state index contributed by atoms with van der Waals surface area (Å²) >= 11 is 0. The Hall–Kier alpha value is -1.75. The third-order valence-corrected chi connectivity index (χ3v) is 2.31. The maximum atomic E-state index is 5.24. The van der Waals surface area contributed by atoms with Crippen molar-refractivity contribution in [2.24, 2.45) is 0 Å². The first-order valence-electron chi connectivity index (χ1n) is 5.25. The zero-order chi connectivity index (χ0) is 11.4. The summed E-state index contributed by atoms with van der Waals surface area (Å²) in [7, 11) is 0. The number of hydrogen-bond donors (Lipinski definition) is 1. The Labute approximate surface area is 93.9 Å². The fourth-order valence-electron chi connectivity index (χ4n) is 1.47. The van der Waals surface area contributed by atoms with E-state index in [-0.39, 0.29) is 0 Å². The number of nitrogens with one attached hydrogen (secondary N) is 1. The molecule has 5 heteroatoms. The lowest BCUT2D eigenvalue weighted by Crippen LogP contribution is -2.11. The molecule has 2 aromatic heterocycles. The molecule has 0 unspecified atom stereocenters. The van der Waals surface area contributed by atoms with Gasteiger partial charge in [-0.3, -0.25) is 4.98 Å². The molecule has 2 heterocycles. The van der Waals surface area contributed by atoms with Crippen LogP contribution in [0.2, 0.25) is 0 Å². The van der Waals surface area contributed by atoms with Crippen LogP contribution in [0.25, 0.3) is 11.5 Å². The summed E-state index contributed by atoms with van der Waals surface area (Å²) in [5, 5.41) is 7.04. The van der Waals surface area contributed by atoms with E-state index in [1.807, 2.05) is 6.92 Å². The Morgan fingerprint density at radius 2 is 2.12 bits per heavy atom. The number of nitrogens with zero attached hydrogens (tertiary/aromatic N) is 3. The van der Waals surface area contributed by atoms with Gasteiger partial charge in [0.25, 0.3) is 0 Å². The minimum absolute atomic E-state index is 0.701. The van der Waals surface area contributed by atoms with E-state index < -0.39 is 0 Å². The molecular weight excluding hydrogens is 204 g/mol. The number of rotatable bonds is 4. The molecule has 0 amide bonds. The third kappa shape index (κ3) is 2.09. The molecule has 1 N–H and O–H groups in total. The predicted molar refractivity (Wildman–Crippen MR) is 59.6 cm³/mol. The topological polar surface area (TPSA) is 63.8 Å². The van der Waals surface area contributed by atoms with Crippen molar-refractivity contribution in [3.63, 3.8) is 0 Å². The number of hydrogen-bond acceptors (Lipinski definition) is 5. The van der Waals surface area contributed by atoms with Crippen LogP contribution < -0.4 is 5.32 Å². The maximum Gasteiger partial charge on any atom is 0.191 e. The molecule has 0 radical (unpaired) electrons. The Balaban J connectivity index is 2.33. The van der Waals surface area contributed by atoms with E-state index in [0.29, 0.717) is 5.76 Å². The molecule has 0 aliphatic heterocycles. The summed E-state index contributed by atoms with van der Waals surface area (Å²) in [6.45, 7) is 5.60. The van der Waals surface area contributed by atoms with Crippen molar-refractivity contribution in [1.29, 1.82) is 0 Å². The lowest BCUT2D eigenvalue weighted by molar-refractivity contribution is 0.429. The molecule has 2 aromatic rings. The second-order valence-electron chi connectivity index (χ2n) is 3.45. The summed E-state index contributed by atoms with van der Waals surface area (Å²) in [5.41, 5.74) is 2.61. The van der Waals surface area contributed by atoms with Crippen molar-refractivity contribution in [2.75, 3.05) is 6.54 Å². The maximum absolute atomic E-state index is 5.24. The fraction of sp³-hybridized carbons (Fsp3) is 0.364. The Morgan fingerprint density at radius 3 is 2.88 bits per heavy atom. The van der Waals surface area contributed by atoms with Gasteiger partial charge in [-0.2, -0.15) is 0 Å². The summed E-state index contributed by atoms with van der Waals surface area (Å²) in [4.78, 5) is 8.45. The van der Waals surface area contributed by atoms with Crippen molar-refractivity contribution < 1.29 is 4.52 Å². The van der Waals surface area contributed by atoms with E-state index in [1.54, 1.807) is 18.6 Å². The molecule has 0 atom stereocenters. The van der Waals surface area contributed by atoms with Crippen LogP contribution in [-0.2, 0) is 6.54 Å². The van der Waals surface area contributed by atoms with Crippen LogP contribution in [0, 0.1) is 6.92 Å². The van der Waals surface area contributed by atoms with Crippen molar-refractivity contribution in [2.45, 2.75) is 20.4 Å². The quantitative estimate of drug-likeness (QED) is 0.843. The molecule has 0 spiro atoms. The Kier molecular flexibility index (Phi) is 3.26. The van der Waals surface area contributed by atoms with Crippen molar-refractivity contribution in [3.05, 3.63) is 29.8 Å². The van der Waals surface area contributed by atoms with E-state index >= 15 is 0 Å². The molecule has 16 heavy (non-hydrogen) atoms. The lowest BCUT2D eigenvalue weighted by Gasteiger charge is -2.02. The lowest BCUT2D eigenvalue weighted by atomic mass is 10.2. The molecule has 0 fully saturated rings. The molecule has 0 saturated carbocycles. The van der Waals surface area contributed by atoms with Gasteiger partial charge in [0.2, 0.25) is 0 Å². The van der Waals surface area contributed by atoms with Crippen LogP contribution in [-0.4, -0.2) is 21.7 Å². The first-order chi connectivity index (χ1) is 7.83. The second kappa shape index (κ2) is 4.85. The van der Waals surface area contributed by atoms with E-state index in [2.05, 4.69) is 27.4 Å². The molecule has 84 valence electrons. The van der Waals surface area contributed by atoms with Crippen molar-refractivity contribution in [3.8, 4) is 11.5 Å². The predicted octanol–water partition coefficient (Wildman–Crippen LogP) is 1.55. The molecule has 0 saturated heterocycles. The Bertz CT molecular complexity index is 467.